The average molecular weight is 336 g/mol. The van der Waals surface area contributed by atoms with Gasteiger partial charge in [0.15, 0.2) is 0 Å². The van der Waals surface area contributed by atoms with E-state index in [4.69, 9.17) is 0 Å². The first-order valence-corrected chi connectivity index (χ1v) is 8.26. The fraction of sp³-hybridized carbons (Fsp3) is 0.267. The maximum Gasteiger partial charge on any atom is 0.228 e. The molecule has 1 amide bonds. The second kappa shape index (κ2) is 5.55. The number of halogens is 1. The van der Waals surface area contributed by atoms with Gasteiger partial charge in [-0.1, -0.05) is 40.2 Å². The highest BCUT2D eigenvalue weighted by Crippen LogP contribution is 2.31. The van der Waals surface area contributed by atoms with Crippen molar-refractivity contribution >= 4 is 50.1 Å². The molecule has 1 heterocycles. The van der Waals surface area contributed by atoms with E-state index >= 15 is 0 Å². The minimum Gasteiger partial charge on any atom is -0.325 e. The Morgan fingerprint density at radius 2 is 2.00 bits per heavy atom. The molecule has 1 atom stereocenters. The topological polar surface area (TPSA) is 29.1 Å². The van der Waals surface area contributed by atoms with Crippen LogP contribution >= 0.6 is 27.7 Å². The minimum atomic E-state index is 0.150. The first-order valence-electron chi connectivity index (χ1n) is 6.31. The van der Waals surface area contributed by atoms with Crippen LogP contribution in [0, 0.1) is 5.92 Å². The van der Waals surface area contributed by atoms with Gasteiger partial charge in [0.25, 0.3) is 0 Å². The molecule has 3 rings (SSSR count). The number of benzene rings is 2. The monoisotopic (exact) mass is 335 g/mol. The summed E-state index contributed by atoms with van der Waals surface area (Å²) in [6, 6.07) is 12.1. The number of thioether (sulfide) groups is 1. The molecule has 1 saturated heterocycles. The molecule has 1 aliphatic heterocycles. The van der Waals surface area contributed by atoms with Crippen molar-refractivity contribution in [3.8, 4) is 0 Å². The lowest BCUT2D eigenvalue weighted by Gasteiger charge is -2.12. The van der Waals surface area contributed by atoms with Crippen LogP contribution in [-0.2, 0) is 4.79 Å². The van der Waals surface area contributed by atoms with Crippen molar-refractivity contribution in [3.05, 3.63) is 40.9 Å². The number of hydrogen-bond acceptors (Lipinski definition) is 2. The van der Waals surface area contributed by atoms with Gasteiger partial charge < -0.3 is 5.32 Å². The zero-order chi connectivity index (χ0) is 13.2. The van der Waals surface area contributed by atoms with Crippen LogP contribution in [-0.4, -0.2) is 17.4 Å². The molecule has 1 fully saturated rings. The third-order valence-corrected chi connectivity index (χ3v) is 5.28. The Labute approximate surface area is 125 Å². The second-order valence-electron chi connectivity index (χ2n) is 4.69. The molecule has 0 saturated carbocycles. The van der Waals surface area contributed by atoms with Crippen LogP contribution in [0.3, 0.4) is 0 Å². The van der Waals surface area contributed by atoms with Gasteiger partial charge in [-0.05, 0) is 29.7 Å². The molecule has 2 nitrogen and oxygen atoms in total. The summed E-state index contributed by atoms with van der Waals surface area (Å²) < 4.78 is 1.05. The zero-order valence-corrected chi connectivity index (χ0v) is 12.8. The predicted molar refractivity (Wildman–Crippen MR) is 85.7 cm³/mol. The molecular weight excluding hydrogens is 322 g/mol. The molecule has 0 bridgehead atoms. The molecule has 0 spiro atoms. The molecule has 1 N–H and O–H groups in total. The second-order valence-corrected chi connectivity index (χ2v) is 6.69. The smallest absolute Gasteiger partial charge is 0.228 e. The Balaban J connectivity index is 1.92. The summed E-state index contributed by atoms with van der Waals surface area (Å²) in [5.41, 5.74) is 0.903. The fourth-order valence-electron chi connectivity index (χ4n) is 2.35. The number of hydrogen-bond donors (Lipinski definition) is 1. The first-order chi connectivity index (χ1) is 9.25. The minimum absolute atomic E-state index is 0.150. The van der Waals surface area contributed by atoms with Gasteiger partial charge in [0, 0.05) is 27.2 Å². The van der Waals surface area contributed by atoms with Gasteiger partial charge in [-0.2, -0.15) is 11.8 Å². The highest BCUT2D eigenvalue weighted by Gasteiger charge is 2.23. The van der Waals surface area contributed by atoms with Crippen LogP contribution in [0.15, 0.2) is 40.9 Å². The Bertz CT molecular complexity index is 623. The molecule has 4 heteroatoms. The molecule has 98 valence electrons. The summed E-state index contributed by atoms with van der Waals surface area (Å²) in [5, 5.41) is 5.29. The van der Waals surface area contributed by atoms with Gasteiger partial charge in [-0.25, -0.2) is 0 Å². The Morgan fingerprint density at radius 1 is 1.21 bits per heavy atom. The number of nitrogens with one attached hydrogen (secondary N) is 1. The van der Waals surface area contributed by atoms with Crippen molar-refractivity contribution in [2.75, 3.05) is 16.8 Å². The highest BCUT2D eigenvalue weighted by atomic mass is 79.9. The summed E-state index contributed by atoms with van der Waals surface area (Å²) in [4.78, 5) is 12.2. The molecule has 1 unspecified atom stereocenters. The van der Waals surface area contributed by atoms with Crippen molar-refractivity contribution in [2.24, 2.45) is 5.92 Å². The van der Waals surface area contributed by atoms with Gasteiger partial charge >= 0.3 is 0 Å². The van der Waals surface area contributed by atoms with E-state index < -0.39 is 0 Å². The third-order valence-electron chi connectivity index (χ3n) is 3.43. The number of fused-ring (bicyclic) bond motifs is 1. The van der Waals surface area contributed by atoms with Crippen LogP contribution in [0.4, 0.5) is 5.69 Å². The molecule has 19 heavy (non-hydrogen) atoms. The predicted octanol–water partition coefficient (Wildman–Crippen LogP) is 4.29. The third kappa shape index (κ3) is 2.65. The largest absolute Gasteiger partial charge is 0.325 e. The van der Waals surface area contributed by atoms with Gasteiger partial charge in [-0.15, -0.1) is 0 Å². The summed E-state index contributed by atoms with van der Waals surface area (Å²) in [5.74, 6) is 2.35. The van der Waals surface area contributed by atoms with Crippen molar-refractivity contribution in [1.82, 2.24) is 0 Å². The summed E-state index contributed by atoms with van der Waals surface area (Å²) in [6.45, 7) is 0. The first kappa shape index (κ1) is 13.0. The SMILES string of the molecule is O=C(Nc1ccc(Br)c2ccccc12)C1CCSC1. The van der Waals surface area contributed by atoms with Crippen LogP contribution in [0.1, 0.15) is 6.42 Å². The van der Waals surface area contributed by atoms with Crippen LogP contribution in [0.25, 0.3) is 10.8 Å². The Hall–Kier alpha value is -1.00. The standard InChI is InChI=1S/C15H14BrNOS/c16-13-5-6-14(12-4-2-1-3-11(12)13)17-15(18)10-7-8-19-9-10/h1-6,10H,7-9H2,(H,17,18). The van der Waals surface area contributed by atoms with E-state index in [1.165, 1.54) is 0 Å². The van der Waals surface area contributed by atoms with Crippen molar-refractivity contribution in [3.63, 3.8) is 0 Å². The van der Waals surface area contributed by atoms with Crippen LogP contribution in [0.2, 0.25) is 0 Å². The summed E-state index contributed by atoms with van der Waals surface area (Å²) in [6.07, 6.45) is 0.991. The lowest BCUT2D eigenvalue weighted by molar-refractivity contribution is -0.119. The Kier molecular flexibility index (Phi) is 3.80. The lowest BCUT2D eigenvalue weighted by atomic mass is 10.1. The van der Waals surface area contributed by atoms with E-state index in [0.29, 0.717) is 0 Å². The normalized spacial score (nSPS) is 18.7. The van der Waals surface area contributed by atoms with Crippen molar-refractivity contribution in [2.45, 2.75) is 6.42 Å². The molecular formula is C15H14BrNOS. The number of carbonyl (C=O) groups is 1. The highest BCUT2D eigenvalue weighted by molar-refractivity contribution is 9.10. The number of rotatable bonds is 2. The van der Waals surface area contributed by atoms with E-state index in [1.54, 1.807) is 0 Å². The van der Waals surface area contributed by atoms with E-state index in [-0.39, 0.29) is 11.8 Å². The van der Waals surface area contributed by atoms with Gasteiger partial charge in [-0.3, -0.25) is 4.79 Å². The molecule has 1 aliphatic rings. The molecule has 0 radical (unpaired) electrons. The van der Waals surface area contributed by atoms with E-state index in [2.05, 4.69) is 27.3 Å². The quantitative estimate of drug-likeness (QED) is 0.886. The molecule has 0 aromatic heterocycles. The number of anilines is 1. The number of carbonyl (C=O) groups excluding carboxylic acids is 1. The van der Waals surface area contributed by atoms with Gasteiger partial charge in [0.1, 0.15) is 0 Å². The maximum absolute atomic E-state index is 12.2. The van der Waals surface area contributed by atoms with E-state index in [0.717, 1.165) is 38.9 Å². The van der Waals surface area contributed by atoms with Crippen LogP contribution < -0.4 is 5.32 Å². The fourth-order valence-corrected chi connectivity index (χ4v) is 4.05. The zero-order valence-electron chi connectivity index (χ0n) is 10.4. The summed E-state index contributed by atoms with van der Waals surface area (Å²) >= 11 is 5.41. The van der Waals surface area contributed by atoms with Gasteiger partial charge in [0.05, 0.1) is 0 Å². The maximum atomic E-state index is 12.2. The molecule has 2 aromatic carbocycles. The van der Waals surface area contributed by atoms with Gasteiger partial charge in [0.2, 0.25) is 5.91 Å². The number of amides is 1. The average Bonchev–Trinajstić information content (AvgIpc) is 2.96. The molecule has 2 aromatic rings. The van der Waals surface area contributed by atoms with E-state index in [9.17, 15) is 4.79 Å². The summed E-state index contributed by atoms with van der Waals surface area (Å²) in [7, 11) is 0. The van der Waals surface area contributed by atoms with Crippen molar-refractivity contribution < 1.29 is 4.79 Å². The Morgan fingerprint density at radius 3 is 2.74 bits per heavy atom. The lowest BCUT2D eigenvalue weighted by Crippen LogP contribution is -2.22. The van der Waals surface area contributed by atoms with Crippen LogP contribution in [0.5, 0.6) is 0 Å². The van der Waals surface area contributed by atoms with E-state index in [1.807, 2.05) is 42.1 Å². The molecule has 0 aliphatic carbocycles. The van der Waals surface area contributed by atoms with Crippen molar-refractivity contribution in [1.29, 1.82) is 0 Å².